The van der Waals surface area contributed by atoms with Crippen molar-refractivity contribution < 1.29 is 9.15 Å². The maximum absolute atomic E-state index is 5.62. The van der Waals surface area contributed by atoms with Crippen molar-refractivity contribution in [2.45, 2.75) is 32.9 Å². The van der Waals surface area contributed by atoms with Crippen LogP contribution in [0.15, 0.2) is 45.3 Å². The molecule has 0 aliphatic rings. The molecule has 3 heterocycles. The SMILES string of the molecule is Cc1nnc(CN=C(NCCCOCc2ccco2)NCCc2cccs2)n1C. The summed E-state index contributed by atoms with van der Waals surface area (Å²) in [5, 5.41) is 17.1. The molecule has 8 nitrogen and oxygen atoms in total. The van der Waals surface area contributed by atoms with Crippen LogP contribution in [0.3, 0.4) is 0 Å². The van der Waals surface area contributed by atoms with Gasteiger partial charge >= 0.3 is 0 Å². The second kappa shape index (κ2) is 11.4. The summed E-state index contributed by atoms with van der Waals surface area (Å²) in [6, 6.07) is 8.00. The van der Waals surface area contributed by atoms with Crippen molar-refractivity contribution in [3.05, 3.63) is 58.2 Å². The molecule has 9 heteroatoms. The normalized spacial score (nSPS) is 11.7. The van der Waals surface area contributed by atoms with Crippen molar-refractivity contribution >= 4 is 17.3 Å². The third-order valence-electron chi connectivity index (χ3n) is 4.39. The predicted molar refractivity (Wildman–Crippen MR) is 114 cm³/mol. The first-order valence-electron chi connectivity index (χ1n) is 9.72. The van der Waals surface area contributed by atoms with Gasteiger partial charge in [0.1, 0.15) is 24.7 Å². The van der Waals surface area contributed by atoms with E-state index in [1.807, 2.05) is 30.7 Å². The highest BCUT2D eigenvalue weighted by Crippen LogP contribution is 2.08. The number of rotatable bonds is 11. The number of aliphatic imine (C=N–C) groups is 1. The van der Waals surface area contributed by atoms with Crippen LogP contribution in [0.1, 0.15) is 28.7 Å². The number of nitrogens with zero attached hydrogens (tertiary/aromatic N) is 4. The average Bonchev–Trinajstić information content (AvgIpc) is 3.48. The first-order valence-corrected chi connectivity index (χ1v) is 10.6. The number of aryl methyl sites for hydroxylation is 1. The van der Waals surface area contributed by atoms with Gasteiger partial charge in [-0.25, -0.2) is 4.99 Å². The van der Waals surface area contributed by atoms with Gasteiger partial charge in [0, 0.05) is 31.6 Å². The van der Waals surface area contributed by atoms with E-state index in [-0.39, 0.29) is 0 Å². The van der Waals surface area contributed by atoms with E-state index in [0.29, 0.717) is 19.8 Å². The number of nitrogens with one attached hydrogen (secondary N) is 2. The fraction of sp³-hybridized carbons (Fsp3) is 0.450. The number of thiophene rings is 1. The molecule has 0 fully saturated rings. The lowest BCUT2D eigenvalue weighted by atomic mass is 10.3. The lowest BCUT2D eigenvalue weighted by Crippen LogP contribution is -2.39. The van der Waals surface area contributed by atoms with E-state index in [9.17, 15) is 0 Å². The molecule has 0 radical (unpaired) electrons. The highest BCUT2D eigenvalue weighted by molar-refractivity contribution is 7.09. The third kappa shape index (κ3) is 7.03. The molecule has 0 aliphatic heterocycles. The largest absolute Gasteiger partial charge is 0.467 e. The number of aromatic nitrogens is 3. The third-order valence-corrected chi connectivity index (χ3v) is 5.32. The minimum Gasteiger partial charge on any atom is -0.467 e. The molecule has 3 aromatic rings. The molecule has 3 rings (SSSR count). The van der Waals surface area contributed by atoms with Crippen molar-refractivity contribution in [1.82, 2.24) is 25.4 Å². The average molecular weight is 417 g/mol. The van der Waals surface area contributed by atoms with Crippen LogP contribution >= 0.6 is 11.3 Å². The van der Waals surface area contributed by atoms with Gasteiger partial charge in [0.15, 0.2) is 11.8 Å². The van der Waals surface area contributed by atoms with Gasteiger partial charge in [0.2, 0.25) is 0 Å². The summed E-state index contributed by atoms with van der Waals surface area (Å²) < 4.78 is 12.8. The second-order valence-corrected chi connectivity index (χ2v) is 7.59. The second-order valence-electron chi connectivity index (χ2n) is 6.56. The van der Waals surface area contributed by atoms with Crippen LogP contribution in [0.5, 0.6) is 0 Å². The smallest absolute Gasteiger partial charge is 0.191 e. The Morgan fingerprint density at radius 2 is 2.14 bits per heavy atom. The van der Waals surface area contributed by atoms with E-state index in [4.69, 9.17) is 9.15 Å². The molecule has 0 saturated heterocycles. The summed E-state index contributed by atoms with van der Waals surface area (Å²) in [4.78, 5) is 6.02. The number of ether oxygens (including phenoxy) is 1. The Morgan fingerprint density at radius 1 is 1.24 bits per heavy atom. The minimum absolute atomic E-state index is 0.473. The zero-order valence-corrected chi connectivity index (χ0v) is 17.7. The highest BCUT2D eigenvalue weighted by Gasteiger charge is 2.05. The maximum atomic E-state index is 5.62. The van der Waals surface area contributed by atoms with Crippen LogP contribution in [0, 0.1) is 6.92 Å². The molecule has 0 bridgehead atoms. The van der Waals surface area contributed by atoms with E-state index in [1.165, 1.54) is 4.88 Å². The number of furan rings is 1. The van der Waals surface area contributed by atoms with E-state index >= 15 is 0 Å². The van der Waals surface area contributed by atoms with Crippen LogP contribution in [0.4, 0.5) is 0 Å². The van der Waals surface area contributed by atoms with Gasteiger partial charge in [-0.15, -0.1) is 21.5 Å². The quantitative estimate of drug-likeness (QED) is 0.284. The predicted octanol–water partition coefficient (Wildman–Crippen LogP) is 2.66. The molecule has 0 amide bonds. The van der Waals surface area contributed by atoms with Crippen molar-refractivity contribution in [3.8, 4) is 0 Å². The Bertz CT molecular complexity index is 858. The summed E-state index contributed by atoms with van der Waals surface area (Å²) in [6.45, 7) is 5.14. The van der Waals surface area contributed by atoms with Gasteiger partial charge in [0.05, 0.1) is 6.26 Å². The van der Waals surface area contributed by atoms with E-state index in [1.54, 1.807) is 17.6 Å². The van der Waals surface area contributed by atoms with Gasteiger partial charge < -0.3 is 24.4 Å². The molecule has 0 spiro atoms. The maximum Gasteiger partial charge on any atom is 0.191 e. The molecule has 156 valence electrons. The molecule has 2 N–H and O–H groups in total. The fourth-order valence-corrected chi connectivity index (χ4v) is 3.33. The molecule has 29 heavy (non-hydrogen) atoms. The van der Waals surface area contributed by atoms with Gasteiger partial charge in [0.25, 0.3) is 0 Å². The van der Waals surface area contributed by atoms with Crippen LogP contribution < -0.4 is 10.6 Å². The standard InChI is InChI=1S/C20H28N6O2S/c1-16-24-25-19(26(16)2)14-23-20(22-10-8-18-7-4-13-29-18)21-9-5-11-27-15-17-6-3-12-28-17/h3-4,6-7,12-13H,5,8-11,14-15H2,1-2H3,(H2,21,22,23). The molecular weight excluding hydrogens is 388 g/mol. The number of hydrogen-bond donors (Lipinski definition) is 2. The summed E-state index contributed by atoms with van der Waals surface area (Å²) >= 11 is 1.77. The summed E-state index contributed by atoms with van der Waals surface area (Å²) in [6.07, 6.45) is 3.49. The lowest BCUT2D eigenvalue weighted by Gasteiger charge is -2.12. The van der Waals surface area contributed by atoms with E-state index in [0.717, 1.165) is 49.3 Å². The molecule has 0 aliphatic carbocycles. The molecule has 0 saturated carbocycles. The molecule has 3 aromatic heterocycles. The van der Waals surface area contributed by atoms with Crippen molar-refractivity contribution in [2.24, 2.45) is 12.0 Å². The summed E-state index contributed by atoms with van der Waals surface area (Å²) in [7, 11) is 1.95. The first-order chi connectivity index (χ1) is 14.2. The van der Waals surface area contributed by atoms with E-state index < -0.39 is 0 Å². The molecular formula is C20H28N6O2S. The summed E-state index contributed by atoms with van der Waals surface area (Å²) in [5.74, 6) is 3.33. The minimum atomic E-state index is 0.473. The Labute approximate surface area is 175 Å². The molecule has 0 aromatic carbocycles. The zero-order valence-electron chi connectivity index (χ0n) is 16.9. The van der Waals surface area contributed by atoms with Crippen LogP contribution in [-0.4, -0.2) is 40.4 Å². The van der Waals surface area contributed by atoms with Crippen molar-refractivity contribution in [1.29, 1.82) is 0 Å². The Balaban J connectivity index is 1.43. The van der Waals surface area contributed by atoms with Gasteiger partial charge in [-0.1, -0.05) is 6.07 Å². The number of guanidine groups is 1. The molecule has 0 atom stereocenters. The number of hydrogen-bond acceptors (Lipinski definition) is 6. The van der Waals surface area contributed by atoms with Gasteiger partial charge in [-0.05, 0) is 43.3 Å². The van der Waals surface area contributed by atoms with Crippen molar-refractivity contribution in [2.75, 3.05) is 19.7 Å². The first kappa shape index (κ1) is 21.1. The lowest BCUT2D eigenvalue weighted by molar-refractivity contribution is 0.105. The summed E-state index contributed by atoms with van der Waals surface area (Å²) in [5.41, 5.74) is 0. The Morgan fingerprint density at radius 3 is 2.86 bits per heavy atom. The Hall–Kier alpha value is -2.65. The van der Waals surface area contributed by atoms with Gasteiger partial charge in [-0.2, -0.15) is 0 Å². The highest BCUT2D eigenvalue weighted by atomic mass is 32.1. The topological polar surface area (TPSA) is 89.5 Å². The van der Waals surface area contributed by atoms with Crippen LogP contribution in [-0.2, 0) is 31.4 Å². The molecule has 0 unspecified atom stereocenters. The van der Waals surface area contributed by atoms with E-state index in [2.05, 4.69) is 43.3 Å². The van der Waals surface area contributed by atoms with Crippen LogP contribution in [0.2, 0.25) is 0 Å². The fourth-order valence-electron chi connectivity index (χ4n) is 2.62. The van der Waals surface area contributed by atoms with Gasteiger partial charge in [-0.3, -0.25) is 0 Å². The van der Waals surface area contributed by atoms with Crippen LogP contribution in [0.25, 0.3) is 0 Å². The zero-order chi connectivity index (χ0) is 20.3. The van der Waals surface area contributed by atoms with Crippen molar-refractivity contribution in [3.63, 3.8) is 0 Å². The Kier molecular flexibility index (Phi) is 8.26. The monoisotopic (exact) mass is 416 g/mol.